The molecule has 0 bridgehead atoms. The third-order valence-electron chi connectivity index (χ3n) is 1.90. The zero-order chi connectivity index (χ0) is 11.4. The molecule has 0 saturated heterocycles. The van der Waals surface area contributed by atoms with Crippen LogP contribution in [0, 0.1) is 0 Å². The van der Waals surface area contributed by atoms with Crippen LogP contribution in [0.15, 0.2) is 12.3 Å². The second-order valence-corrected chi connectivity index (χ2v) is 3.43. The second-order valence-electron chi connectivity index (χ2n) is 3.02. The normalized spacial score (nSPS) is 12.9. The van der Waals surface area contributed by atoms with Gasteiger partial charge in [-0.15, -0.1) is 0 Å². The summed E-state index contributed by atoms with van der Waals surface area (Å²) in [6.07, 6.45) is -1.22. The molecule has 0 amide bonds. The molecule has 1 aromatic heterocycles. The van der Waals surface area contributed by atoms with Gasteiger partial charge in [-0.25, -0.2) is 13.8 Å². The van der Waals surface area contributed by atoms with Crippen LogP contribution in [-0.2, 0) is 6.42 Å². The summed E-state index contributed by atoms with van der Waals surface area (Å²) in [6, 6.07) is 0.277. The summed E-state index contributed by atoms with van der Waals surface area (Å²) >= 11 is 5.78. The minimum Gasteiger partial charge on any atom is -0.481 e. The number of nitrogens with zero attached hydrogens (tertiary/aromatic N) is 1. The highest BCUT2D eigenvalue weighted by Gasteiger charge is 2.17. The highest BCUT2D eigenvalue weighted by Crippen LogP contribution is 2.21. The largest absolute Gasteiger partial charge is 0.481 e. The standard InChI is InChI=1S/C9H11ClF2N2O/c1-15-8-3-5(6(10)4-14-8)2-7(13)9(11)12/h3-4,7,9H,2,13H2,1H3. The first-order valence-corrected chi connectivity index (χ1v) is 4.64. The molecule has 1 unspecified atom stereocenters. The molecule has 84 valence electrons. The van der Waals surface area contributed by atoms with Crippen molar-refractivity contribution in [2.45, 2.75) is 18.9 Å². The summed E-state index contributed by atoms with van der Waals surface area (Å²) in [5, 5.41) is 0.312. The lowest BCUT2D eigenvalue weighted by molar-refractivity contribution is 0.116. The Labute approximate surface area is 91.2 Å². The van der Waals surface area contributed by atoms with E-state index in [0.29, 0.717) is 16.5 Å². The number of hydrogen-bond donors (Lipinski definition) is 1. The van der Waals surface area contributed by atoms with E-state index in [1.165, 1.54) is 19.4 Å². The van der Waals surface area contributed by atoms with Gasteiger partial charge in [0.1, 0.15) is 0 Å². The van der Waals surface area contributed by atoms with E-state index in [9.17, 15) is 8.78 Å². The Balaban J connectivity index is 2.83. The predicted octanol–water partition coefficient (Wildman–Crippen LogP) is 1.88. The fraction of sp³-hybridized carbons (Fsp3) is 0.444. The van der Waals surface area contributed by atoms with E-state index in [-0.39, 0.29) is 6.42 Å². The molecule has 0 fully saturated rings. The van der Waals surface area contributed by atoms with Gasteiger partial charge >= 0.3 is 0 Å². The van der Waals surface area contributed by atoms with E-state index in [4.69, 9.17) is 22.1 Å². The highest BCUT2D eigenvalue weighted by molar-refractivity contribution is 6.31. The van der Waals surface area contributed by atoms with Crippen LogP contribution in [-0.4, -0.2) is 24.6 Å². The summed E-state index contributed by atoms with van der Waals surface area (Å²) in [6.45, 7) is 0. The van der Waals surface area contributed by atoms with Crippen LogP contribution >= 0.6 is 11.6 Å². The van der Waals surface area contributed by atoms with Crippen molar-refractivity contribution in [3.63, 3.8) is 0 Å². The minimum absolute atomic E-state index is 0.00458. The third-order valence-corrected chi connectivity index (χ3v) is 2.24. The van der Waals surface area contributed by atoms with Crippen molar-refractivity contribution in [2.24, 2.45) is 5.73 Å². The zero-order valence-corrected chi connectivity index (χ0v) is 8.84. The molecular formula is C9H11ClF2N2O. The van der Waals surface area contributed by atoms with E-state index < -0.39 is 12.5 Å². The molecule has 2 N–H and O–H groups in total. The molecule has 1 rings (SSSR count). The Morgan fingerprint density at radius 1 is 1.60 bits per heavy atom. The van der Waals surface area contributed by atoms with Gasteiger partial charge < -0.3 is 10.5 Å². The van der Waals surface area contributed by atoms with Crippen molar-refractivity contribution in [1.82, 2.24) is 4.98 Å². The van der Waals surface area contributed by atoms with Crippen LogP contribution in [0.25, 0.3) is 0 Å². The van der Waals surface area contributed by atoms with Crippen molar-refractivity contribution in [3.05, 3.63) is 22.8 Å². The second kappa shape index (κ2) is 5.23. The lowest BCUT2D eigenvalue weighted by Crippen LogP contribution is -2.31. The van der Waals surface area contributed by atoms with Crippen LogP contribution < -0.4 is 10.5 Å². The number of halogens is 3. The monoisotopic (exact) mass is 236 g/mol. The van der Waals surface area contributed by atoms with Crippen molar-refractivity contribution in [2.75, 3.05) is 7.11 Å². The summed E-state index contributed by atoms with van der Waals surface area (Å²) in [4.78, 5) is 3.83. The van der Waals surface area contributed by atoms with Gasteiger partial charge in [-0.05, 0) is 12.0 Å². The van der Waals surface area contributed by atoms with Gasteiger partial charge in [0.05, 0.1) is 18.2 Å². The quantitative estimate of drug-likeness (QED) is 0.868. The molecule has 0 aromatic carbocycles. The molecule has 6 heteroatoms. The summed E-state index contributed by atoms with van der Waals surface area (Å²) in [5.41, 5.74) is 5.75. The smallest absolute Gasteiger partial charge is 0.253 e. The van der Waals surface area contributed by atoms with Crippen molar-refractivity contribution in [1.29, 1.82) is 0 Å². The Hall–Kier alpha value is -0.940. The van der Waals surface area contributed by atoms with Crippen LogP contribution in [0.1, 0.15) is 5.56 Å². The first-order valence-electron chi connectivity index (χ1n) is 4.26. The predicted molar refractivity (Wildman–Crippen MR) is 53.5 cm³/mol. The molecule has 0 spiro atoms. The number of pyridine rings is 1. The number of nitrogens with two attached hydrogens (primary N) is 1. The highest BCUT2D eigenvalue weighted by atomic mass is 35.5. The molecule has 0 aliphatic heterocycles. The van der Waals surface area contributed by atoms with Gasteiger partial charge in [-0.1, -0.05) is 11.6 Å². The Kier molecular flexibility index (Phi) is 4.23. The number of ether oxygens (including phenoxy) is 1. The Morgan fingerprint density at radius 3 is 2.80 bits per heavy atom. The zero-order valence-electron chi connectivity index (χ0n) is 8.08. The minimum atomic E-state index is -2.57. The number of hydrogen-bond acceptors (Lipinski definition) is 3. The van der Waals surface area contributed by atoms with Crippen LogP contribution in [0.3, 0.4) is 0 Å². The summed E-state index contributed by atoms with van der Waals surface area (Å²) in [5.74, 6) is 0.330. The summed E-state index contributed by atoms with van der Waals surface area (Å²) in [7, 11) is 1.44. The number of rotatable bonds is 4. The van der Waals surface area contributed by atoms with Crippen LogP contribution in [0.5, 0.6) is 5.88 Å². The maximum Gasteiger partial charge on any atom is 0.253 e. The average molecular weight is 237 g/mol. The van der Waals surface area contributed by atoms with Crippen molar-refractivity contribution in [3.8, 4) is 5.88 Å². The van der Waals surface area contributed by atoms with Gasteiger partial charge in [0, 0.05) is 12.3 Å². The topological polar surface area (TPSA) is 48.1 Å². The maximum atomic E-state index is 12.2. The lowest BCUT2D eigenvalue weighted by Gasteiger charge is -2.11. The average Bonchev–Trinajstić information content (AvgIpc) is 2.21. The Bertz CT molecular complexity index is 336. The molecule has 0 aliphatic rings. The van der Waals surface area contributed by atoms with Crippen molar-refractivity contribution >= 4 is 11.6 Å². The fourth-order valence-corrected chi connectivity index (χ4v) is 1.25. The van der Waals surface area contributed by atoms with E-state index >= 15 is 0 Å². The molecule has 0 saturated carbocycles. The molecule has 1 aromatic rings. The molecule has 1 atom stereocenters. The van der Waals surface area contributed by atoms with Crippen LogP contribution in [0.2, 0.25) is 5.02 Å². The molecule has 3 nitrogen and oxygen atoms in total. The third kappa shape index (κ3) is 3.28. The van der Waals surface area contributed by atoms with Gasteiger partial charge in [0.25, 0.3) is 6.43 Å². The fourth-order valence-electron chi connectivity index (χ4n) is 1.07. The number of aromatic nitrogens is 1. The van der Waals surface area contributed by atoms with Crippen molar-refractivity contribution < 1.29 is 13.5 Å². The van der Waals surface area contributed by atoms with E-state index in [0.717, 1.165) is 0 Å². The van der Waals surface area contributed by atoms with Gasteiger partial charge in [-0.2, -0.15) is 0 Å². The molecule has 1 heterocycles. The maximum absolute atomic E-state index is 12.2. The molecule has 0 radical (unpaired) electrons. The summed E-state index contributed by atoms with van der Waals surface area (Å²) < 4.78 is 29.3. The van der Waals surface area contributed by atoms with Gasteiger partial charge in [-0.3, -0.25) is 0 Å². The van der Waals surface area contributed by atoms with E-state index in [1.54, 1.807) is 0 Å². The van der Waals surface area contributed by atoms with Gasteiger partial charge in [0.15, 0.2) is 0 Å². The van der Waals surface area contributed by atoms with E-state index in [2.05, 4.69) is 4.98 Å². The molecule has 15 heavy (non-hydrogen) atoms. The van der Waals surface area contributed by atoms with Gasteiger partial charge in [0.2, 0.25) is 5.88 Å². The molecular weight excluding hydrogens is 226 g/mol. The first kappa shape index (κ1) is 12.1. The first-order chi connectivity index (χ1) is 7.04. The number of methoxy groups -OCH3 is 1. The Morgan fingerprint density at radius 2 is 2.27 bits per heavy atom. The SMILES string of the molecule is COc1cc(CC(N)C(F)F)c(Cl)cn1. The van der Waals surface area contributed by atoms with Crippen LogP contribution in [0.4, 0.5) is 8.78 Å². The van der Waals surface area contributed by atoms with E-state index in [1.807, 2.05) is 0 Å². The number of alkyl halides is 2. The molecule has 0 aliphatic carbocycles. The lowest BCUT2D eigenvalue weighted by atomic mass is 10.1.